The molecule has 1 amide bonds. The summed E-state index contributed by atoms with van der Waals surface area (Å²) in [5.41, 5.74) is 1.76. The second kappa shape index (κ2) is 11.1. The number of halogens is 1. The van der Waals surface area contributed by atoms with Crippen molar-refractivity contribution in [2.24, 2.45) is 0 Å². The second-order valence-corrected chi connectivity index (χ2v) is 11.0. The number of thiophene rings is 1. The number of carbonyl (C=O) groups is 1. The molecule has 1 atom stereocenters. The van der Waals surface area contributed by atoms with Gasteiger partial charge in [-0.25, -0.2) is 4.98 Å². The maximum Gasteiger partial charge on any atom is 0.272 e. The Balaban J connectivity index is 1.36. The van der Waals surface area contributed by atoms with Crippen LogP contribution in [-0.2, 0) is 21.8 Å². The second-order valence-electron chi connectivity index (χ2n) is 8.59. The van der Waals surface area contributed by atoms with Gasteiger partial charge in [0.05, 0.1) is 11.6 Å². The van der Waals surface area contributed by atoms with Crippen molar-refractivity contribution in [3.63, 3.8) is 0 Å². The van der Waals surface area contributed by atoms with Crippen molar-refractivity contribution < 1.29 is 9.53 Å². The average Bonchev–Trinajstić information content (AvgIpc) is 3.51. The van der Waals surface area contributed by atoms with Gasteiger partial charge in [0.15, 0.2) is 5.16 Å². The average molecular weight is 528 g/mol. The Bertz CT molecular complexity index is 1410. The number of amides is 1. The van der Waals surface area contributed by atoms with Crippen LogP contribution in [0.25, 0.3) is 20.3 Å². The lowest BCUT2D eigenvalue weighted by Gasteiger charge is -2.13. The van der Waals surface area contributed by atoms with Crippen LogP contribution in [0.1, 0.15) is 31.2 Å². The van der Waals surface area contributed by atoms with Gasteiger partial charge in [-0.1, -0.05) is 53.7 Å². The number of thioether (sulfide) groups is 1. The van der Waals surface area contributed by atoms with Crippen molar-refractivity contribution in [2.75, 3.05) is 13.2 Å². The summed E-state index contributed by atoms with van der Waals surface area (Å²) in [6, 6.07) is 15.7. The van der Waals surface area contributed by atoms with E-state index in [9.17, 15) is 9.59 Å². The van der Waals surface area contributed by atoms with Gasteiger partial charge in [0, 0.05) is 47.0 Å². The maximum atomic E-state index is 13.5. The van der Waals surface area contributed by atoms with E-state index in [1.54, 1.807) is 4.57 Å². The molecule has 1 aliphatic rings. The summed E-state index contributed by atoms with van der Waals surface area (Å²) in [4.78, 5) is 30.8. The molecule has 2 aromatic carbocycles. The number of hydrogen-bond acceptors (Lipinski definition) is 6. The summed E-state index contributed by atoms with van der Waals surface area (Å²) in [5.74, 6) is 0.625. The first-order valence-corrected chi connectivity index (χ1v) is 13.9. The lowest BCUT2D eigenvalue weighted by atomic mass is 10.2. The van der Waals surface area contributed by atoms with E-state index in [-0.39, 0.29) is 17.6 Å². The summed E-state index contributed by atoms with van der Waals surface area (Å²) >= 11 is 9.14. The van der Waals surface area contributed by atoms with Crippen molar-refractivity contribution in [3.8, 4) is 0 Å². The zero-order valence-electron chi connectivity index (χ0n) is 19.2. The standard InChI is InChI=1S/C26H26ClN3O3S2/c27-18-7-3-6-17(14-18)16-34-26-29-23-20-9-1-2-10-21(20)35-24(23)25(32)30(26)12-4-11-22(31)28-15-19-8-5-13-33-19/h1-3,6-7,9-10,14,19H,4-5,8,11-13,15-16H2,(H,28,31)/t19-/m0/s1. The molecule has 0 spiro atoms. The van der Waals surface area contributed by atoms with Crippen LogP contribution in [-0.4, -0.2) is 34.7 Å². The third-order valence-corrected chi connectivity index (χ3v) is 8.47. The number of rotatable bonds is 9. The molecule has 182 valence electrons. The molecule has 1 N–H and O–H groups in total. The van der Waals surface area contributed by atoms with Gasteiger partial charge < -0.3 is 10.1 Å². The van der Waals surface area contributed by atoms with Gasteiger partial charge in [-0.15, -0.1) is 11.3 Å². The van der Waals surface area contributed by atoms with Gasteiger partial charge in [0.1, 0.15) is 4.70 Å². The Morgan fingerprint density at radius 2 is 2.14 bits per heavy atom. The Morgan fingerprint density at radius 3 is 2.97 bits per heavy atom. The van der Waals surface area contributed by atoms with Crippen LogP contribution in [0.4, 0.5) is 0 Å². The van der Waals surface area contributed by atoms with E-state index in [2.05, 4.69) is 5.32 Å². The van der Waals surface area contributed by atoms with Crippen LogP contribution in [0.3, 0.4) is 0 Å². The third kappa shape index (κ3) is 5.72. The van der Waals surface area contributed by atoms with E-state index in [1.807, 2.05) is 48.5 Å². The number of carbonyl (C=O) groups excluding carboxylic acids is 1. The molecule has 6 nitrogen and oxygen atoms in total. The minimum atomic E-state index is -0.0513. The van der Waals surface area contributed by atoms with E-state index < -0.39 is 0 Å². The van der Waals surface area contributed by atoms with Crippen molar-refractivity contribution in [1.29, 1.82) is 0 Å². The van der Waals surface area contributed by atoms with E-state index in [4.69, 9.17) is 21.3 Å². The lowest BCUT2D eigenvalue weighted by Crippen LogP contribution is -2.32. The summed E-state index contributed by atoms with van der Waals surface area (Å²) in [6.45, 7) is 1.75. The van der Waals surface area contributed by atoms with Gasteiger partial charge in [-0.05, 0) is 43.0 Å². The van der Waals surface area contributed by atoms with Crippen molar-refractivity contribution >= 4 is 60.9 Å². The molecule has 0 radical (unpaired) electrons. The number of benzene rings is 2. The van der Waals surface area contributed by atoms with Crippen LogP contribution in [0.2, 0.25) is 5.02 Å². The predicted molar refractivity (Wildman–Crippen MR) is 144 cm³/mol. The summed E-state index contributed by atoms with van der Waals surface area (Å²) in [7, 11) is 0. The Hall–Kier alpha value is -2.39. The molecule has 2 aromatic heterocycles. The molecule has 1 aliphatic heterocycles. The first-order chi connectivity index (χ1) is 17.1. The first-order valence-electron chi connectivity index (χ1n) is 11.8. The predicted octanol–water partition coefficient (Wildman–Crippen LogP) is 5.63. The number of nitrogens with one attached hydrogen (secondary N) is 1. The highest BCUT2D eigenvalue weighted by Gasteiger charge is 2.18. The van der Waals surface area contributed by atoms with Gasteiger partial charge in [-0.3, -0.25) is 14.2 Å². The molecular weight excluding hydrogens is 502 g/mol. The van der Waals surface area contributed by atoms with Gasteiger partial charge in [0.2, 0.25) is 5.91 Å². The number of fused-ring (bicyclic) bond motifs is 3. The molecule has 0 unspecified atom stereocenters. The van der Waals surface area contributed by atoms with E-state index >= 15 is 0 Å². The molecule has 0 bridgehead atoms. The zero-order valence-corrected chi connectivity index (χ0v) is 21.6. The smallest absolute Gasteiger partial charge is 0.272 e. The molecule has 0 aliphatic carbocycles. The summed E-state index contributed by atoms with van der Waals surface area (Å²) < 4.78 is 8.99. The first kappa shape index (κ1) is 24.3. The van der Waals surface area contributed by atoms with Crippen molar-refractivity contribution in [2.45, 2.75) is 49.2 Å². The molecule has 1 saturated heterocycles. The Kier molecular flexibility index (Phi) is 7.72. The molecule has 35 heavy (non-hydrogen) atoms. The minimum absolute atomic E-state index is 0.0161. The highest BCUT2D eigenvalue weighted by Crippen LogP contribution is 2.32. The van der Waals surface area contributed by atoms with Gasteiger partial charge >= 0.3 is 0 Å². The Labute approximate surface area is 216 Å². The third-order valence-electron chi connectivity index (χ3n) is 6.04. The van der Waals surface area contributed by atoms with Crippen LogP contribution in [0.15, 0.2) is 58.5 Å². The summed E-state index contributed by atoms with van der Waals surface area (Å²) in [6.07, 6.45) is 3.06. The SMILES string of the molecule is O=C(CCCn1c(SCc2cccc(Cl)c2)nc2c(sc3ccccc32)c1=O)NC[C@@H]1CCCO1. The maximum absolute atomic E-state index is 13.5. The van der Waals surface area contributed by atoms with E-state index in [0.717, 1.165) is 40.6 Å². The number of hydrogen-bond donors (Lipinski definition) is 1. The van der Waals surface area contributed by atoms with Crippen molar-refractivity contribution in [3.05, 3.63) is 69.5 Å². The fourth-order valence-corrected chi connectivity index (χ4v) is 6.52. The van der Waals surface area contributed by atoms with Crippen LogP contribution < -0.4 is 10.9 Å². The fraction of sp³-hybridized carbons (Fsp3) is 0.346. The summed E-state index contributed by atoms with van der Waals surface area (Å²) in [5, 5.41) is 5.29. The fourth-order valence-electron chi connectivity index (χ4n) is 4.25. The molecule has 9 heteroatoms. The molecular formula is C26H26ClN3O3S2. The van der Waals surface area contributed by atoms with Crippen LogP contribution >= 0.6 is 34.7 Å². The van der Waals surface area contributed by atoms with Crippen LogP contribution in [0.5, 0.6) is 0 Å². The monoisotopic (exact) mass is 527 g/mol. The highest BCUT2D eigenvalue weighted by atomic mass is 35.5. The minimum Gasteiger partial charge on any atom is -0.376 e. The molecule has 4 aromatic rings. The zero-order chi connectivity index (χ0) is 24.2. The van der Waals surface area contributed by atoms with E-state index in [1.165, 1.54) is 23.1 Å². The Morgan fingerprint density at radius 1 is 1.26 bits per heavy atom. The quantitative estimate of drug-likeness (QED) is 0.225. The molecule has 0 saturated carbocycles. The molecule has 1 fully saturated rings. The largest absolute Gasteiger partial charge is 0.376 e. The van der Waals surface area contributed by atoms with E-state index in [0.29, 0.717) is 46.6 Å². The molecule has 3 heterocycles. The molecule has 5 rings (SSSR count). The normalized spacial score (nSPS) is 15.7. The topological polar surface area (TPSA) is 73.2 Å². The lowest BCUT2D eigenvalue weighted by molar-refractivity contribution is -0.121. The van der Waals surface area contributed by atoms with Gasteiger partial charge in [0.25, 0.3) is 5.56 Å². The number of ether oxygens (including phenoxy) is 1. The highest BCUT2D eigenvalue weighted by molar-refractivity contribution is 7.98. The van der Waals surface area contributed by atoms with Crippen molar-refractivity contribution in [1.82, 2.24) is 14.9 Å². The number of nitrogens with zero attached hydrogens (tertiary/aromatic N) is 2. The number of aromatic nitrogens is 2. The van der Waals surface area contributed by atoms with Crippen LogP contribution in [0, 0.1) is 0 Å². The van der Waals surface area contributed by atoms with Gasteiger partial charge in [-0.2, -0.15) is 0 Å².